The molecule has 0 spiro atoms. The first-order valence-corrected chi connectivity index (χ1v) is 5.03. The van der Waals surface area contributed by atoms with E-state index in [4.69, 9.17) is 0 Å². The standard InChI is InChI=1S/C11H18O3/c1-4-9(10(12)14-3)11(13,5-2)8-6-7-8/h5,8-9,13H,2,4,6-7H2,1,3H3. The first-order valence-electron chi connectivity index (χ1n) is 5.03. The van der Waals surface area contributed by atoms with Crippen molar-refractivity contribution in [3.8, 4) is 0 Å². The van der Waals surface area contributed by atoms with Crippen molar-refractivity contribution in [3.05, 3.63) is 12.7 Å². The molecule has 0 radical (unpaired) electrons. The molecule has 1 N–H and O–H groups in total. The predicted molar refractivity (Wildman–Crippen MR) is 53.7 cm³/mol. The molecule has 1 rings (SSSR count). The van der Waals surface area contributed by atoms with Crippen LogP contribution in [0.1, 0.15) is 26.2 Å². The number of ether oxygens (including phenoxy) is 1. The van der Waals surface area contributed by atoms with Gasteiger partial charge in [-0.05, 0) is 25.2 Å². The van der Waals surface area contributed by atoms with Crippen LogP contribution in [-0.2, 0) is 9.53 Å². The van der Waals surface area contributed by atoms with E-state index in [2.05, 4.69) is 11.3 Å². The highest BCUT2D eigenvalue weighted by Gasteiger charge is 2.49. The lowest BCUT2D eigenvalue weighted by molar-refractivity contribution is -0.154. The van der Waals surface area contributed by atoms with Crippen molar-refractivity contribution in [1.82, 2.24) is 0 Å². The Hall–Kier alpha value is -0.830. The molecule has 14 heavy (non-hydrogen) atoms. The summed E-state index contributed by atoms with van der Waals surface area (Å²) in [5, 5.41) is 10.3. The first-order chi connectivity index (χ1) is 6.60. The lowest BCUT2D eigenvalue weighted by atomic mass is 9.81. The summed E-state index contributed by atoms with van der Waals surface area (Å²) in [5.41, 5.74) is -1.07. The fraction of sp³-hybridized carbons (Fsp3) is 0.727. The molecule has 1 aliphatic carbocycles. The summed E-state index contributed by atoms with van der Waals surface area (Å²) in [4.78, 5) is 11.5. The van der Waals surface area contributed by atoms with E-state index in [9.17, 15) is 9.90 Å². The summed E-state index contributed by atoms with van der Waals surface area (Å²) in [6.45, 7) is 5.50. The number of methoxy groups -OCH3 is 1. The van der Waals surface area contributed by atoms with Gasteiger partial charge in [0.25, 0.3) is 0 Å². The van der Waals surface area contributed by atoms with E-state index in [1.807, 2.05) is 6.92 Å². The van der Waals surface area contributed by atoms with E-state index in [0.717, 1.165) is 12.8 Å². The van der Waals surface area contributed by atoms with Gasteiger partial charge in [-0.1, -0.05) is 13.0 Å². The van der Waals surface area contributed by atoms with Crippen molar-refractivity contribution in [2.24, 2.45) is 11.8 Å². The van der Waals surface area contributed by atoms with Crippen molar-refractivity contribution in [2.75, 3.05) is 7.11 Å². The minimum atomic E-state index is -1.07. The summed E-state index contributed by atoms with van der Waals surface area (Å²) >= 11 is 0. The van der Waals surface area contributed by atoms with E-state index >= 15 is 0 Å². The maximum absolute atomic E-state index is 11.5. The molecule has 0 saturated heterocycles. The average Bonchev–Trinajstić information content (AvgIpc) is 3.01. The van der Waals surface area contributed by atoms with E-state index < -0.39 is 11.5 Å². The van der Waals surface area contributed by atoms with Gasteiger partial charge in [-0.2, -0.15) is 0 Å². The molecular weight excluding hydrogens is 180 g/mol. The lowest BCUT2D eigenvalue weighted by Gasteiger charge is -2.31. The van der Waals surface area contributed by atoms with Gasteiger partial charge in [0.1, 0.15) is 0 Å². The monoisotopic (exact) mass is 198 g/mol. The Morgan fingerprint density at radius 1 is 1.79 bits per heavy atom. The molecule has 1 fully saturated rings. The third-order valence-corrected chi connectivity index (χ3v) is 3.01. The summed E-state index contributed by atoms with van der Waals surface area (Å²) in [6.07, 6.45) is 4.01. The van der Waals surface area contributed by atoms with Crippen LogP contribution in [0.4, 0.5) is 0 Å². The van der Waals surface area contributed by atoms with Crippen LogP contribution in [0, 0.1) is 11.8 Å². The second kappa shape index (κ2) is 4.13. The van der Waals surface area contributed by atoms with Crippen molar-refractivity contribution >= 4 is 5.97 Å². The highest BCUT2D eigenvalue weighted by atomic mass is 16.5. The Bertz CT molecular complexity index is 233. The summed E-state index contributed by atoms with van der Waals surface area (Å²) in [5.74, 6) is -0.636. The van der Waals surface area contributed by atoms with Crippen LogP contribution in [0.3, 0.4) is 0 Å². The van der Waals surface area contributed by atoms with Gasteiger partial charge in [-0.25, -0.2) is 0 Å². The summed E-state index contributed by atoms with van der Waals surface area (Å²) in [6, 6.07) is 0. The molecule has 1 saturated carbocycles. The summed E-state index contributed by atoms with van der Waals surface area (Å²) < 4.78 is 4.68. The molecule has 0 heterocycles. The topological polar surface area (TPSA) is 46.5 Å². The van der Waals surface area contributed by atoms with Crippen LogP contribution in [0.15, 0.2) is 12.7 Å². The third kappa shape index (κ3) is 1.82. The van der Waals surface area contributed by atoms with Gasteiger partial charge in [0, 0.05) is 0 Å². The van der Waals surface area contributed by atoms with Gasteiger partial charge in [0.05, 0.1) is 18.6 Å². The van der Waals surface area contributed by atoms with Crippen molar-refractivity contribution in [2.45, 2.75) is 31.8 Å². The number of hydrogen-bond donors (Lipinski definition) is 1. The van der Waals surface area contributed by atoms with Crippen LogP contribution < -0.4 is 0 Å². The Balaban J connectivity index is 2.83. The average molecular weight is 198 g/mol. The quantitative estimate of drug-likeness (QED) is 0.538. The number of carbonyl (C=O) groups excluding carboxylic acids is 1. The highest BCUT2D eigenvalue weighted by Crippen LogP contribution is 2.45. The van der Waals surface area contributed by atoms with Crippen molar-refractivity contribution < 1.29 is 14.6 Å². The molecule has 0 aromatic rings. The second-order valence-corrected chi connectivity index (χ2v) is 3.85. The Labute approximate surface area is 84.8 Å². The Kier molecular flexibility index (Phi) is 3.32. The minimum Gasteiger partial charge on any atom is -0.469 e. The molecule has 0 aromatic carbocycles. The molecule has 2 unspecified atom stereocenters. The van der Waals surface area contributed by atoms with Crippen LogP contribution in [0.2, 0.25) is 0 Å². The minimum absolute atomic E-state index is 0.184. The fourth-order valence-electron chi connectivity index (χ4n) is 1.96. The maximum Gasteiger partial charge on any atom is 0.311 e. The zero-order valence-electron chi connectivity index (χ0n) is 8.82. The van der Waals surface area contributed by atoms with Crippen molar-refractivity contribution in [1.29, 1.82) is 0 Å². The number of aliphatic hydroxyl groups is 1. The third-order valence-electron chi connectivity index (χ3n) is 3.01. The van der Waals surface area contributed by atoms with Crippen LogP contribution in [0.25, 0.3) is 0 Å². The van der Waals surface area contributed by atoms with E-state index in [1.165, 1.54) is 13.2 Å². The zero-order chi connectivity index (χ0) is 10.8. The van der Waals surface area contributed by atoms with E-state index in [0.29, 0.717) is 6.42 Å². The molecule has 0 amide bonds. The van der Waals surface area contributed by atoms with Gasteiger partial charge in [-0.15, -0.1) is 6.58 Å². The molecular formula is C11H18O3. The molecule has 0 aliphatic heterocycles. The molecule has 3 nitrogen and oxygen atoms in total. The van der Waals surface area contributed by atoms with Gasteiger partial charge < -0.3 is 9.84 Å². The van der Waals surface area contributed by atoms with E-state index in [-0.39, 0.29) is 11.9 Å². The Morgan fingerprint density at radius 2 is 2.36 bits per heavy atom. The molecule has 0 aromatic heterocycles. The predicted octanol–water partition coefficient (Wildman–Crippen LogP) is 1.51. The van der Waals surface area contributed by atoms with Crippen LogP contribution in [0.5, 0.6) is 0 Å². The van der Waals surface area contributed by atoms with Gasteiger partial charge >= 0.3 is 5.97 Å². The largest absolute Gasteiger partial charge is 0.469 e. The summed E-state index contributed by atoms with van der Waals surface area (Å²) in [7, 11) is 1.35. The van der Waals surface area contributed by atoms with E-state index in [1.54, 1.807) is 0 Å². The number of hydrogen-bond acceptors (Lipinski definition) is 3. The normalized spacial score (nSPS) is 22.2. The molecule has 0 bridgehead atoms. The molecule has 1 aliphatic rings. The number of rotatable bonds is 5. The molecule has 3 heteroatoms. The zero-order valence-corrected chi connectivity index (χ0v) is 8.82. The smallest absolute Gasteiger partial charge is 0.311 e. The van der Waals surface area contributed by atoms with Gasteiger partial charge in [-0.3, -0.25) is 4.79 Å². The van der Waals surface area contributed by atoms with Gasteiger partial charge in [0.15, 0.2) is 0 Å². The van der Waals surface area contributed by atoms with Crippen LogP contribution in [-0.4, -0.2) is 23.8 Å². The first kappa shape index (κ1) is 11.2. The van der Waals surface area contributed by atoms with Gasteiger partial charge in [0.2, 0.25) is 0 Å². The molecule has 2 atom stereocenters. The highest BCUT2D eigenvalue weighted by molar-refractivity contribution is 5.74. The maximum atomic E-state index is 11.5. The van der Waals surface area contributed by atoms with Crippen molar-refractivity contribution in [3.63, 3.8) is 0 Å². The lowest BCUT2D eigenvalue weighted by Crippen LogP contribution is -2.42. The second-order valence-electron chi connectivity index (χ2n) is 3.85. The SMILES string of the molecule is C=CC(O)(C1CC1)C(CC)C(=O)OC. The number of esters is 1. The van der Waals surface area contributed by atoms with Crippen LogP contribution >= 0.6 is 0 Å². The molecule has 80 valence electrons. The Morgan fingerprint density at radius 3 is 2.64 bits per heavy atom. The fourth-order valence-corrected chi connectivity index (χ4v) is 1.96. The number of carbonyl (C=O) groups is 1.